The highest BCUT2D eigenvalue weighted by molar-refractivity contribution is 5.94. The van der Waals surface area contributed by atoms with Gasteiger partial charge in [-0.15, -0.1) is 0 Å². The quantitative estimate of drug-likeness (QED) is 0.704. The molecule has 0 atom stereocenters. The lowest BCUT2D eigenvalue weighted by molar-refractivity contribution is 0.0979. The van der Waals surface area contributed by atoms with E-state index in [2.05, 4.69) is 15.0 Å². The van der Waals surface area contributed by atoms with Crippen LogP contribution in [0.1, 0.15) is 24.0 Å². The Morgan fingerprint density at radius 2 is 2.46 bits per heavy atom. The molecule has 0 saturated carbocycles. The average molecular weight is 175 g/mol. The van der Waals surface area contributed by atoms with E-state index in [9.17, 15) is 4.79 Å². The van der Waals surface area contributed by atoms with Gasteiger partial charge >= 0.3 is 0 Å². The van der Waals surface area contributed by atoms with Crippen molar-refractivity contribution in [3.63, 3.8) is 0 Å². The van der Waals surface area contributed by atoms with Gasteiger partial charge in [0.15, 0.2) is 17.3 Å². The highest BCUT2D eigenvalue weighted by atomic mass is 16.1. The van der Waals surface area contributed by atoms with Crippen molar-refractivity contribution in [2.24, 2.45) is 0 Å². The van der Waals surface area contributed by atoms with E-state index in [4.69, 9.17) is 0 Å². The molecular formula is C9H9N3O. The largest absolute Gasteiger partial charge is 0.334 e. The SMILES string of the molecule is CCC(=O)c1nc2ncccc2[nH]1. The van der Waals surface area contributed by atoms with Crippen molar-refractivity contribution in [1.82, 2.24) is 15.0 Å². The number of imidazole rings is 1. The van der Waals surface area contributed by atoms with Crippen molar-refractivity contribution >= 4 is 16.9 Å². The summed E-state index contributed by atoms with van der Waals surface area (Å²) < 4.78 is 0. The van der Waals surface area contributed by atoms with E-state index >= 15 is 0 Å². The third-order valence-corrected chi connectivity index (χ3v) is 1.84. The summed E-state index contributed by atoms with van der Waals surface area (Å²) in [6.07, 6.45) is 2.11. The number of nitrogens with zero attached hydrogens (tertiary/aromatic N) is 2. The van der Waals surface area contributed by atoms with E-state index < -0.39 is 0 Å². The number of pyridine rings is 1. The summed E-state index contributed by atoms with van der Waals surface area (Å²) >= 11 is 0. The Morgan fingerprint density at radius 3 is 3.15 bits per heavy atom. The second-order valence-corrected chi connectivity index (χ2v) is 2.74. The molecule has 66 valence electrons. The summed E-state index contributed by atoms with van der Waals surface area (Å²) in [6.45, 7) is 1.81. The predicted molar refractivity (Wildman–Crippen MR) is 48.5 cm³/mol. The molecule has 0 amide bonds. The van der Waals surface area contributed by atoms with Crippen LogP contribution in [-0.2, 0) is 0 Å². The zero-order valence-electron chi connectivity index (χ0n) is 7.24. The zero-order valence-corrected chi connectivity index (χ0v) is 7.24. The Balaban J connectivity index is 2.56. The molecule has 0 fully saturated rings. The smallest absolute Gasteiger partial charge is 0.197 e. The summed E-state index contributed by atoms with van der Waals surface area (Å²) in [4.78, 5) is 22.3. The highest BCUT2D eigenvalue weighted by Gasteiger charge is 2.08. The average Bonchev–Trinajstić information content (AvgIpc) is 2.59. The van der Waals surface area contributed by atoms with E-state index in [0.717, 1.165) is 5.52 Å². The fourth-order valence-corrected chi connectivity index (χ4v) is 1.14. The molecule has 0 aromatic carbocycles. The van der Waals surface area contributed by atoms with E-state index in [0.29, 0.717) is 17.9 Å². The van der Waals surface area contributed by atoms with Gasteiger partial charge in [-0.25, -0.2) is 9.97 Å². The number of Topliss-reactive ketones (excluding diaryl/α,β-unsaturated/α-hetero) is 1. The van der Waals surface area contributed by atoms with Crippen molar-refractivity contribution in [3.05, 3.63) is 24.2 Å². The second kappa shape index (κ2) is 2.97. The van der Waals surface area contributed by atoms with Gasteiger partial charge in [0.25, 0.3) is 0 Å². The van der Waals surface area contributed by atoms with Crippen LogP contribution < -0.4 is 0 Å². The number of rotatable bonds is 2. The van der Waals surface area contributed by atoms with Gasteiger partial charge in [-0.05, 0) is 12.1 Å². The molecule has 2 aromatic rings. The van der Waals surface area contributed by atoms with Crippen LogP contribution in [0.3, 0.4) is 0 Å². The zero-order chi connectivity index (χ0) is 9.26. The van der Waals surface area contributed by atoms with Crippen molar-refractivity contribution in [1.29, 1.82) is 0 Å². The molecule has 2 heterocycles. The molecule has 0 saturated heterocycles. The Kier molecular flexibility index (Phi) is 1.81. The molecule has 0 aliphatic heterocycles. The lowest BCUT2D eigenvalue weighted by Gasteiger charge is -1.86. The summed E-state index contributed by atoms with van der Waals surface area (Å²) in [5.41, 5.74) is 1.40. The topological polar surface area (TPSA) is 58.6 Å². The molecule has 0 spiro atoms. The number of aromatic amines is 1. The first-order chi connectivity index (χ1) is 6.31. The predicted octanol–water partition coefficient (Wildman–Crippen LogP) is 1.55. The van der Waals surface area contributed by atoms with Gasteiger partial charge < -0.3 is 4.98 Å². The number of carbonyl (C=O) groups is 1. The Labute approximate surface area is 75.0 Å². The molecule has 0 aliphatic rings. The van der Waals surface area contributed by atoms with Gasteiger partial charge in [0, 0.05) is 12.6 Å². The molecule has 4 nitrogen and oxygen atoms in total. The van der Waals surface area contributed by atoms with Crippen LogP contribution in [0.5, 0.6) is 0 Å². The minimum atomic E-state index is 0.0120. The van der Waals surface area contributed by atoms with E-state index in [-0.39, 0.29) is 5.78 Å². The molecule has 0 radical (unpaired) electrons. The number of H-pyrrole nitrogens is 1. The first kappa shape index (κ1) is 7.91. The number of hydrogen-bond acceptors (Lipinski definition) is 3. The van der Waals surface area contributed by atoms with Crippen molar-refractivity contribution in [2.75, 3.05) is 0 Å². The third kappa shape index (κ3) is 1.30. The van der Waals surface area contributed by atoms with Crippen LogP contribution in [0.15, 0.2) is 18.3 Å². The van der Waals surface area contributed by atoms with Crippen molar-refractivity contribution < 1.29 is 4.79 Å². The van der Waals surface area contributed by atoms with Gasteiger partial charge in [0.05, 0.1) is 5.52 Å². The molecule has 0 aliphatic carbocycles. The monoisotopic (exact) mass is 175 g/mol. The van der Waals surface area contributed by atoms with Crippen LogP contribution in [0, 0.1) is 0 Å². The fraction of sp³-hybridized carbons (Fsp3) is 0.222. The lowest BCUT2D eigenvalue weighted by atomic mass is 10.3. The van der Waals surface area contributed by atoms with Crippen molar-refractivity contribution in [2.45, 2.75) is 13.3 Å². The Bertz CT molecular complexity index is 414. The van der Waals surface area contributed by atoms with E-state index in [1.165, 1.54) is 0 Å². The van der Waals surface area contributed by atoms with Gasteiger partial charge in [0.1, 0.15) is 0 Å². The van der Waals surface area contributed by atoms with E-state index in [1.54, 1.807) is 12.3 Å². The van der Waals surface area contributed by atoms with E-state index in [1.807, 2.05) is 13.0 Å². The fourth-order valence-electron chi connectivity index (χ4n) is 1.14. The Hall–Kier alpha value is -1.71. The van der Waals surface area contributed by atoms with Crippen LogP contribution in [-0.4, -0.2) is 20.7 Å². The summed E-state index contributed by atoms with van der Waals surface area (Å²) in [6, 6.07) is 3.66. The maximum Gasteiger partial charge on any atom is 0.197 e. The van der Waals surface area contributed by atoms with Gasteiger partial charge in [-0.2, -0.15) is 0 Å². The maximum atomic E-state index is 11.3. The third-order valence-electron chi connectivity index (χ3n) is 1.84. The van der Waals surface area contributed by atoms with Gasteiger partial charge in [-0.1, -0.05) is 6.92 Å². The lowest BCUT2D eigenvalue weighted by Crippen LogP contribution is -1.98. The molecule has 1 N–H and O–H groups in total. The number of fused-ring (bicyclic) bond motifs is 1. The van der Waals surface area contributed by atoms with Crippen LogP contribution >= 0.6 is 0 Å². The van der Waals surface area contributed by atoms with Gasteiger partial charge in [-0.3, -0.25) is 4.79 Å². The first-order valence-electron chi connectivity index (χ1n) is 4.15. The maximum absolute atomic E-state index is 11.3. The second-order valence-electron chi connectivity index (χ2n) is 2.74. The Morgan fingerprint density at radius 1 is 1.62 bits per heavy atom. The standard InChI is InChI=1S/C9H9N3O/c1-2-7(13)9-11-6-4-3-5-10-8(6)12-9/h3-5H,2H2,1H3,(H,10,11,12). The van der Waals surface area contributed by atoms with Crippen LogP contribution in [0.2, 0.25) is 0 Å². The summed E-state index contributed by atoms with van der Waals surface area (Å²) in [5.74, 6) is 0.411. The van der Waals surface area contributed by atoms with Crippen LogP contribution in [0.4, 0.5) is 0 Å². The molecule has 2 aromatic heterocycles. The molecule has 0 bridgehead atoms. The number of carbonyl (C=O) groups excluding carboxylic acids is 1. The molecule has 0 unspecified atom stereocenters. The number of nitrogens with one attached hydrogen (secondary N) is 1. The first-order valence-corrected chi connectivity index (χ1v) is 4.15. The number of aromatic nitrogens is 3. The normalized spacial score (nSPS) is 10.5. The highest BCUT2D eigenvalue weighted by Crippen LogP contribution is 2.08. The number of hydrogen-bond donors (Lipinski definition) is 1. The van der Waals surface area contributed by atoms with Crippen LogP contribution in [0.25, 0.3) is 11.2 Å². The summed E-state index contributed by atoms with van der Waals surface area (Å²) in [7, 11) is 0. The summed E-state index contributed by atoms with van der Waals surface area (Å²) in [5, 5.41) is 0. The molecule has 2 rings (SSSR count). The molecular weight excluding hydrogens is 166 g/mol. The molecule has 4 heteroatoms. The molecule has 13 heavy (non-hydrogen) atoms. The van der Waals surface area contributed by atoms with Crippen molar-refractivity contribution in [3.8, 4) is 0 Å². The minimum Gasteiger partial charge on any atom is -0.334 e. The minimum absolute atomic E-state index is 0.0120. The van der Waals surface area contributed by atoms with Gasteiger partial charge in [0.2, 0.25) is 0 Å². The number of ketones is 1.